The number of carbonyl (C=O) groups is 1. The van der Waals surface area contributed by atoms with Crippen molar-refractivity contribution in [1.82, 2.24) is 8.61 Å². The average Bonchev–Trinajstić information content (AvgIpc) is 2.35. The van der Waals surface area contributed by atoms with Gasteiger partial charge in [-0.1, -0.05) is 13.3 Å². The third kappa shape index (κ3) is 3.66. The van der Waals surface area contributed by atoms with E-state index in [1.165, 1.54) is 8.61 Å². The summed E-state index contributed by atoms with van der Waals surface area (Å²) in [7, 11) is -1.86. The molecule has 106 valence electrons. The van der Waals surface area contributed by atoms with Crippen molar-refractivity contribution in [1.29, 1.82) is 0 Å². The summed E-state index contributed by atoms with van der Waals surface area (Å²) in [5, 5.41) is 0. The maximum atomic E-state index is 12.3. The molecule has 0 radical (unpaired) electrons. The molecule has 2 N–H and O–H groups in total. The molecule has 1 aliphatic heterocycles. The quantitative estimate of drug-likeness (QED) is 0.750. The van der Waals surface area contributed by atoms with Crippen molar-refractivity contribution in [2.45, 2.75) is 32.6 Å². The molecule has 1 rings (SSSR count). The molecular weight excluding hydrogens is 254 g/mol. The van der Waals surface area contributed by atoms with E-state index in [1.54, 1.807) is 7.05 Å². The minimum absolute atomic E-state index is 0.216. The fourth-order valence-corrected chi connectivity index (χ4v) is 3.56. The summed E-state index contributed by atoms with van der Waals surface area (Å²) in [4.78, 5) is 11.2. The Bertz CT molecular complexity index is 383. The zero-order chi connectivity index (χ0) is 13.8. The Morgan fingerprint density at radius 1 is 1.50 bits per heavy atom. The van der Waals surface area contributed by atoms with Gasteiger partial charge in [-0.2, -0.15) is 17.0 Å². The standard InChI is InChI=1S/C11H23N3O3S/c1-3-4-7-13(2)18(16,17)14-8-5-6-10(9-14)11(12)15/h10H,3-9H2,1-2H3,(H2,12,15)/t10-/m1/s1. The maximum absolute atomic E-state index is 12.3. The summed E-state index contributed by atoms with van der Waals surface area (Å²) in [6.45, 7) is 3.22. The van der Waals surface area contributed by atoms with Gasteiger partial charge >= 0.3 is 0 Å². The van der Waals surface area contributed by atoms with Crippen LogP contribution >= 0.6 is 0 Å². The van der Waals surface area contributed by atoms with Crippen LogP contribution in [-0.4, -0.2) is 49.6 Å². The van der Waals surface area contributed by atoms with E-state index in [4.69, 9.17) is 5.73 Å². The lowest BCUT2D eigenvalue weighted by Gasteiger charge is -2.33. The first-order chi connectivity index (χ1) is 8.39. The van der Waals surface area contributed by atoms with Gasteiger partial charge in [0.25, 0.3) is 10.2 Å². The Kier molecular flexibility index (Phi) is 5.55. The van der Waals surface area contributed by atoms with Gasteiger partial charge in [-0.25, -0.2) is 0 Å². The maximum Gasteiger partial charge on any atom is 0.281 e. The molecule has 0 aromatic rings. The van der Waals surface area contributed by atoms with E-state index in [2.05, 4.69) is 0 Å². The molecule has 1 fully saturated rings. The first-order valence-electron chi connectivity index (χ1n) is 6.40. The number of unbranched alkanes of at least 4 members (excludes halogenated alkanes) is 1. The first kappa shape index (κ1) is 15.4. The molecule has 0 saturated carbocycles. The fraction of sp³-hybridized carbons (Fsp3) is 0.909. The molecule has 0 aliphatic carbocycles. The van der Waals surface area contributed by atoms with Gasteiger partial charge in [0.15, 0.2) is 0 Å². The molecule has 0 aromatic carbocycles. The summed E-state index contributed by atoms with van der Waals surface area (Å²) >= 11 is 0. The zero-order valence-corrected chi connectivity index (χ0v) is 11.9. The number of amides is 1. The number of hydrogen-bond donors (Lipinski definition) is 1. The van der Waals surface area contributed by atoms with E-state index in [1.807, 2.05) is 6.92 Å². The SMILES string of the molecule is CCCCN(C)S(=O)(=O)N1CCC[C@@H](C(N)=O)C1. The Balaban J connectivity index is 2.69. The molecule has 0 unspecified atom stereocenters. The topological polar surface area (TPSA) is 83.7 Å². The van der Waals surface area contributed by atoms with E-state index in [-0.39, 0.29) is 12.5 Å². The molecule has 1 saturated heterocycles. The highest BCUT2D eigenvalue weighted by Crippen LogP contribution is 2.20. The van der Waals surface area contributed by atoms with Crippen LogP contribution in [-0.2, 0) is 15.0 Å². The minimum Gasteiger partial charge on any atom is -0.369 e. The van der Waals surface area contributed by atoms with Gasteiger partial charge in [0, 0.05) is 26.7 Å². The number of nitrogens with two attached hydrogens (primary N) is 1. The van der Waals surface area contributed by atoms with E-state index < -0.39 is 16.1 Å². The number of nitrogens with zero attached hydrogens (tertiary/aromatic N) is 2. The van der Waals surface area contributed by atoms with Gasteiger partial charge in [0.2, 0.25) is 5.91 Å². The predicted octanol–water partition coefficient (Wildman–Crippen LogP) is 0.160. The Hall–Kier alpha value is -0.660. The Morgan fingerprint density at radius 3 is 2.72 bits per heavy atom. The lowest BCUT2D eigenvalue weighted by molar-refractivity contribution is -0.122. The summed E-state index contributed by atoms with van der Waals surface area (Å²) in [5.41, 5.74) is 5.25. The van der Waals surface area contributed by atoms with Crippen LogP contribution in [0.4, 0.5) is 0 Å². The molecule has 0 spiro atoms. The number of piperidine rings is 1. The second kappa shape index (κ2) is 6.49. The van der Waals surface area contributed by atoms with Crippen LogP contribution in [0.25, 0.3) is 0 Å². The lowest BCUT2D eigenvalue weighted by Crippen LogP contribution is -2.49. The van der Waals surface area contributed by atoms with Crippen molar-refractivity contribution in [3.05, 3.63) is 0 Å². The summed E-state index contributed by atoms with van der Waals surface area (Å²) in [5.74, 6) is -0.765. The van der Waals surface area contributed by atoms with Crippen molar-refractivity contribution in [3.8, 4) is 0 Å². The van der Waals surface area contributed by atoms with Gasteiger partial charge in [-0.15, -0.1) is 0 Å². The molecule has 1 aliphatic rings. The van der Waals surface area contributed by atoms with Crippen molar-refractivity contribution in [3.63, 3.8) is 0 Å². The Labute approximate surface area is 109 Å². The molecule has 1 amide bonds. The fourth-order valence-electron chi connectivity index (χ4n) is 2.08. The summed E-state index contributed by atoms with van der Waals surface area (Å²) in [6, 6.07) is 0. The number of hydrogen-bond acceptors (Lipinski definition) is 3. The van der Waals surface area contributed by atoms with E-state index >= 15 is 0 Å². The van der Waals surface area contributed by atoms with Gasteiger partial charge < -0.3 is 5.73 Å². The summed E-state index contributed by atoms with van der Waals surface area (Å²) < 4.78 is 27.3. The van der Waals surface area contributed by atoms with Crippen molar-refractivity contribution >= 4 is 16.1 Å². The van der Waals surface area contributed by atoms with Crippen molar-refractivity contribution < 1.29 is 13.2 Å². The van der Waals surface area contributed by atoms with Gasteiger partial charge in [-0.3, -0.25) is 4.79 Å². The van der Waals surface area contributed by atoms with Crippen molar-refractivity contribution in [2.24, 2.45) is 11.7 Å². The molecule has 7 heteroatoms. The van der Waals surface area contributed by atoms with Gasteiger partial charge in [0.1, 0.15) is 0 Å². The van der Waals surface area contributed by atoms with Crippen LogP contribution in [0, 0.1) is 5.92 Å². The molecule has 0 bridgehead atoms. The van der Waals surface area contributed by atoms with Crippen molar-refractivity contribution in [2.75, 3.05) is 26.7 Å². The molecule has 18 heavy (non-hydrogen) atoms. The smallest absolute Gasteiger partial charge is 0.281 e. The van der Waals surface area contributed by atoms with Gasteiger partial charge in [-0.05, 0) is 19.3 Å². The van der Waals surface area contributed by atoms with Crippen LogP contribution in [0.1, 0.15) is 32.6 Å². The second-order valence-electron chi connectivity index (χ2n) is 4.78. The number of carbonyl (C=O) groups excluding carboxylic acids is 1. The highest BCUT2D eigenvalue weighted by Gasteiger charge is 2.33. The average molecular weight is 277 g/mol. The van der Waals surface area contributed by atoms with Crippen LogP contribution in [0.5, 0.6) is 0 Å². The van der Waals surface area contributed by atoms with Crippen LogP contribution in [0.2, 0.25) is 0 Å². The van der Waals surface area contributed by atoms with Crippen LogP contribution in [0.3, 0.4) is 0 Å². The molecule has 1 heterocycles. The third-order valence-electron chi connectivity index (χ3n) is 3.33. The molecule has 1 atom stereocenters. The van der Waals surface area contributed by atoms with E-state index in [0.29, 0.717) is 25.9 Å². The minimum atomic E-state index is -3.44. The molecule has 6 nitrogen and oxygen atoms in total. The highest BCUT2D eigenvalue weighted by molar-refractivity contribution is 7.86. The van der Waals surface area contributed by atoms with E-state index in [0.717, 1.165) is 12.8 Å². The summed E-state index contributed by atoms with van der Waals surface area (Å²) in [6.07, 6.45) is 3.15. The third-order valence-corrected chi connectivity index (χ3v) is 5.29. The molecule has 0 aromatic heterocycles. The second-order valence-corrected chi connectivity index (χ2v) is 6.82. The number of rotatable bonds is 6. The zero-order valence-electron chi connectivity index (χ0n) is 11.1. The first-order valence-corrected chi connectivity index (χ1v) is 7.80. The van der Waals surface area contributed by atoms with Crippen LogP contribution < -0.4 is 5.73 Å². The molecular formula is C11H23N3O3S. The normalized spacial score (nSPS) is 22.3. The Morgan fingerprint density at radius 2 is 2.17 bits per heavy atom. The lowest BCUT2D eigenvalue weighted by atomic mass is 9.99. The largest absolute Gasteiger partial charge is 0.369 e. The van der Waals surface area contributed by atoms with Gasteiger partial charge in [0.05, 0.1) is 5.92 Å². The highest BCUT2D eigenvalue weighted by atomic mass is 32.2. The monoisotopic (exact) mass is 277 g/mol. The van der Waals surface area contributed by atoms with E-state index in [9.17, 15) is 13.2 Å². The number of primary amides is 1. The predicted molar refractivity (Wildman–Crippen MR) is 69.9 cm³/mol. The van der Waals surface area contributed by atoms with Crippen LogP contribution in [0.15, 0.2) is 0 Å².